The Labute approximate surface area is 151 Å². The molecule has 4 nitrogen and oxygen atoms in total. The Morgan fingerprint density at radius 3 is 2.62 bits per heavy atom. The average Bonchev–Trinajstić information content (AvgIpc) is 2.55. The number of rotatable bonds is 4. The zero-order valence-corrected chi connectivity index (χ0v) is 14.5. The predicted octanol–water partition coefficient (Wildman–Crippen LogP) is 4.12. The lowest BCUT2D eigenvalue weighted by Crippen LogP contribution is -2.36. The molecule has 24 heavy (non-hydrogen) atoms. The van der Waals surface area contributed by atoms with E-state index < -0.39 is 0 Å². The molecule has 6 heteroatoms. The summed E-state index contributed by atoms with van der Waals surface area (Å²) in [6.45, 7) is 1.89. The molecule has 0 spiro atoms. The van der Waals surface area contributed by atoms with Gasteiger partial charge in [-0.2, -0.15) is 0 Å². The van der Waals surface area contributed by atoms with Crippen LogP contribution in [0.25, 0.3) is 5.57 Å². The number of carbonyl (C=O) groups excluding carboxylic acids is 1. The van der Waals surface area contributed by atoms with Crippen LogP contribution in [0.3, 0.4) is 0 Å². The molecule has 0 fully saturated rings. The molecular formula is C18H17Cl2N3O. The molecule has 1 N–H and O–H groups in total. The maximum absolute atomic E-state index is 12.2. The molecule has 0 saturated heterocycles. The van der Waals surface area contributed by atoms with Crippen molar-refractivity contribution in [2.45, 2.75) is 6.42 Å². The molecule has 2 heterocycles. The van der Waals surface area contributed by atoms with Crippen LogP contribution in [0.4, 0.5) is 5.69 Å². The van der Waals surface area contributed by atoms with Crippen LogP contribution >= 0.6 is 23.2 Å². The Balaban J connectivity index is 1.56. The van der Waals surface area contributed by atoms with E-state index in [0.717, 1.165) is 25.2 Å². The van der Waals surface area contributed by atoms with Gasteiger partial charge in [0.05, 0.1) is 12.2 Å². The first-order valence-electron chi connectivity index (χ1n) is 7.69. The highest BCUT2D eigenvalue weighted by Crippen LogP contribution is 2.23. The summed E-state index contributed by atoms with van der Waals surface area (Å²) in [5.41, 5.74) is 2.85. The van der Waals surface area contributed by atoms with Crippen molar-refractivity contribution in [3.8, 4) is 0 Å². The van der Waals surface area contributed by atoms with Gasteiger partial charge in [0.1, 0.15) is 0 Å². The molecule has 1 aliphatic heterocycles. The van der Waals surface area contributed by atoms with Crippen molar-refractivity contribution < 1.29 is 4.79 Å². The fourth-order valence-corrected chi connectivity index (χ4v) is 3.20. The first-order valence-corrected chi connectivity index (χ1v) is 8.44. The van der Waals surface area contributed by atoms with Gasteiger partial charge in [0.2, 0.25) is 5.91 Å². The molecule has 0 radical (unpaired) electrons. The fourth-order valence-electron chi connectivity index (χ4n) is 2.67. The van der Waals surface area contributed by atoms with Gasteiger partial charge in [0.25, 0.3) is 0 Å². The number of anilines is 1. The van der Waals surface area contributed by atoms with Gasteiger partial charge in [-0.05, 0) is 42.3 Å². The molecule has 0 aliphatic carbocycles. The third kappa shape index (κ3) is 4.57. The van der Waals surface area contributed by atoms with Crippen molar-refractivity contribution in [2.75, 3.05) is 25.0 Å². The molecule has 0 saturated carbocycles. The Bertz CT molecular complexity index is 742. The van der Waals surface area contributed by atoms with E-state index in [9.17, 15) is 4.79 Å². The maximum Gasteiger partial charge on any atom is 0.238 e. The second kappa shape index (κ2) is 7.79. The van der Waals surface area contributed by atoms with E-state index >= 15 is 0 Å². The van der Waals surface area contributed by atoms with Crippen LogP contribution in [0.15, 0.2) is 48.7 Å². The van der Waals surface area contributed by atoms with Crippen LogP contribution in [0.1, 0.15) is 12.1 Å². The van der Waals surface area contributed by atoms with Gasteiger partial charge in [0, 0.05) is 35.0 Å². The van der Waals surface area contributed by atoms with E-state index in [1.165, 1.54) is 5.57 Å². The molecule has 1 aromatic carbocycles. The lowest BCUT2D eigenvalue weighted by molar-refractivity contribution is -0.117. The van der Waals surface area contributed by atoms with Crippen LogP contribution in [-0.4, -0.2) is 35.4 Å². The van der Waals surface area contributed by atoms with Gasteiger partial charge in [0.15, 0.2) is 0 Å². The minimum Gasteiger partial charge on any atom is -0.325 e. The first-order chi connectivity index (χ1) is 11.6. The average molecular weight is 362 g/mol. The standard InChI is InChI=1S/C18H17Cl2N3O/c19-14-9-15(20)11-16(10-14)22-18(24)12-23-7-4-13(5-8-23)17-3-1-2-6-21-17/h1-4,6,9-11H,5,7-8,12H2,(H,22,24). The van der Waals surface area contributed by atoms with Crippen LogP contribution in [0.5, 0.6) is 0 Å². The Kier molecular flexibility index (Phi) is 5.51. The quantitative estimate of drug-likeness (QED) is 0.890. The Morgan fingerprint density at radius 2 is 2.00 bits per heavy atom. The van der Waals surface area contributed by atoms with Gasteiger partial charge < -0.3 is 5.32 Å². The van der Waals surface area contributed by atoms with Crippen molar-refractivity contribution in [3.63, 3.8) is 0 Å². The summed E-state index contributed by atoms with van der Waals surface area (Å²) in [7, 11) is 0. The topological polar surface area (TPSA) is 45.2 Å². The Hall–Kier alpha value is -1.88. The minimum atomic E-state index is -0.0805. The molecular weight excluding hydrogens is 345 g/mol. The molecule has 0 bridgehead atoms. The summed E-state index contributed by atoms with van der Waals surface area (Å²) in [4.78, 5) is 18.6. The van der Waals surface area contributed by atoms with Crippen molar-refractivity contribution >= 4 is 40.4 Å². The van der Waals surface area contributed by atoms with E-state index in [1.54, 1.807) is 24.4 Å². The van der Waals surface area contributed by atoms with E-state index in [1.807, 2.05) is 18.2 Å². The zero-order valence-electron chi connectivity index (χ0n) is 13.0. The number of nitrogens with zero attached hydrogens (tertiary/aromatic N) is 2. The summed E-state index contributed by atoms with van der Waals surface area (Å²) in [5.74, 6) is -0.0805. The molecule has 124 valence electrons. The number of pyridine rings is 1. The number of nitrogens with one attached hydrogen (secondary N) is 1. The molecule has 2 aromatic rings. The third-order valence-electron chi connectivity index (χ3n) is 3.80. The van der Waals surface area contributed by atoms with Gasteiger partial charge >= 0.3 is 0 Å². The summed E-state index contributed by atoms with van der Waals surface area (Å²) in [5, 5.41) is 3.83. The minimum absolute atomic E-state index is 0.0805. The number of carbonyl (C=O) groups is 1. The second-order valence-corrected chi connectivity index (χ2v) is 6.51. The highest BCUT2D eigenvalue weighted by atomic mass is 35.5. The molecule has 3 rings (SSSR count). The monoisotopic (exact) mass is 361 g/mol. The van der Waals surface area contributed by atoms with Crippen LogP contribution in [-0.2, 0) is 4.79 Å². The summed E-state index contributed by atoms with van der Waals surface area (Å²) in [6.07, 6.45) is 4.81. The molecule has 0 unspecified atom stereocenters. The zero-order chi connectivity index (χ0) is 16.9. The van der Waals surface area contributed by atoms with Crippen LogP contribution < -0.4 is 5.32 Å². The highest BCUT2D eigenvalue weighted by Gasteiger charge is 2.16. The van der Waals surface area contributed by atoms with Crippen LogP contribution in [0, 0.1) is 0 Å². The van der Waals surface area contributed by atoms with Crippen molar-refractivity contribution in [3.05, 3.63) is 64.4 Å². The summed E-state index contributed by atoms with van der Waals surface area (Å²) < 4.78 is 0. The number of halogens is 2. The molecule has 1 aromatic heterocycles. The normalized spacial score (nSPS) is 15.0. The predicted molar refractivity (Wildman–Crippen MR) is 98.4 cm³/mol. The lowest BCUT2D eigenvalue weighted by Gasteiger charge is -2.25. The first kappa shape index (κ1) is 17.0. The van der Waals surface area contributed by atoms with E-state index in [-0.39, 0.29) is 5.91 Å². The number of amides is 1. The largest absolute Gasteiger partial charge is 0.325 e. The Morgan fingerprint density at radius 1 is 1.21 bits per heavy atom. The smallest absolute Gasteiger partial charge is 0.238 e. The number of benzene rings is 1. The third-order valence-corrected chi connectivity index (χ3v) is 4.24. The van der Waals surface area contributed by atoms with Crippen LogP contribution in [0.2, 0.25) is 10.0 Å². The lowest BCUT2D eigenvalue weighted by atomic mass is 10.0. The van der Waals surface area contributed by atoms with Crippen molar-refractivity contribution in [2.24, 2.45) is 0 Å². The van der Waals surface area contributed by atoms with Gasteiger partial charge in [-0.25, -0.2) is 0 Å². The SMILES string of the molecule is O=C(CN1CC=C(c2ccccn2)CC1)Nc1cc(Cl)cc(Cl)c1. The van der Waals surface area contributed by atoms with Gasteiger partial charge in [-0.1, -0.05) is 35.3 Å². The molecule has 1 amide bonds. The second-order valence-electron chi connectivity index (χ2n) is 5.64. The molecule has 1 aliphatic rings. The number of hydrogen-bond acceptors (Lipinski definition) is 3. The van der Waals surface area contributed by atoms with Crippen molar-refractivity contribution in [1.82, 2.24) is 9.88 Å². The summed E-state index contributed by atoms with van der Waals surface area (Å²) in [6, 6.07) is 10.9. The van der Waals surface area contributed by atoms with Gasteiger partial charge in [-0.15, -0.1) is 0 Å². The summed E-state index contributed by atoms with van der Waals surface area (Å²) >= 11 is 11.9. The maximum atomic E-state index is 12.2. The molecule has 0 atom stereocenters. The van der Waals surface area contributed by atoms with E-state index in [4.69, 9.17) is 23.2 Å². The fraction of sp³-hybridized carbons (Fsp3) is 0.222. The van der Waals surface area contributed by atoms with E-state index in [0.29, 0.717) is 22.3 Å². The highest BCUT2D eigenvalue weighted by molar-refractivity contribution is 6.35. The van der Waals surface area contributed by atoms with Gasteiger partial charge in [-0.3, -0.25) is 14.7 Å². The number of aromatic nitrogens is 1. The van der Waals surface area contributed by atoms with Crippen molar-refractivity contribution in [1.29, 1.82) is 0 Å². The number of hydrogen-bond donors (Lipinski definition) is 1. The van der Waals surface area contributed by atoms with E-state index in [2.05, 4.69) is 21.3 Å².